The highest BCUT2D eigenvalue weighted by molar-refractivity contribution is 6.34. The van der Waals surface area contributed by atoms with E-state index in [1.807, 2.05) is 30.3 Å². The Labute approximate surface area is 93.2 Å². The van der Waals surface area contributed by atoms with Gasteiger partial charge in [0.2, 0.25) is 0 Å². The first-order valence-electron chi connectivity index (χ1n) is 4.81. The van der Waals surface area contributed by atoms with Crippen molar-refractivity contribution in [3.63, 3.8) is 0 Å². The molecule has 0 spiro atoms. The van der Waals surface area contributed by atoms with Crippen molar-refractivity contribution in [2.45, 2.75) is 12.8 Å². The molecule has 0 heterocycles. The maximum atomic E-state index is 11.0. The molecule has 1 fully saturated rings. The average molecular weight is 223 g/mol. The van der Waals surface area contributed by atoms with Gasteiger partial charge >= 0.3 is 5.97 Å². The van der Waals surface area contributed by atoms with Crippen LogP contribution in [-0.4, -0.2) is 11.1 Å². The molecule has 1 saturated carbocycles. The third-order valence-electron chi connectivity index (χ3n) is 2.71. The van der Waals surface area contributed by atoms with Gasteiger partial charge in [-0.1, -0.05) is 41.9 Å². The van der Waals surface area contributed by atoms with Crippen LogP contribution in [0.4, 0.5) is 0 Å². The van der Waals surface area contributed by atoms with Crippen molar-refractivity contribution in [1.82, 2.24) is 0 Å². The normalized spacial score (nSPS) is 18.6. The molecular weight excluding hydrogens is 212 g/mol. The van der Waals surface area contributed by atoms with Gasteiger partial charge in [0.15, 0.2) is 0 Å². The van der Waals surface area contributed by atoms with Crippen LogP contribution < -0.4 is 0 Å². The molecule has 0 amide bonds. The third-order valence-corrected chi connectivity index (χ3v) is 3.18. The zero-order chi connectivity index (χ0) is 10.9. The predicted molar refractivity (Wildman–Crippen MR) is 59.6 cm³/mol. The molecular formula is C12H11ClO2. The van der Waals surface area contributed by atoms with E-state index in [0.717, 1.165) is 5.56 Å². The molecule has 2 nitrogen and oxygen atoms in total. The van der Waals surface area contributed by atoms with Crippen molar-refractivity contribution < 1.29 is 9.90 Å². The van der Waals surface area contributed by atoms with Crippen LogP contribution in [0.5, 0.6) is 0 Å². The Balaban J connectivity index is 2.25. The molecule has 0 radical (unpaired) electrons. The fourth-order valence-corrected chi connectivity index (χ4v) is 1.91. The average Bonchev–Trinajstić information content (AvgIpc) is 2.99. The zero-order valence-corrected chi connectivity index (χ0v) is 8.87. The van der Waals surface area contributed by atoms with E-state index in [-0.39, 0.29) is 0 Å². The van der Waals surface area contributed by atoms with Gasteiger partial charge in [-0.25, -0.2) is 0 Å². The Bertz CT molecular complexity index is 405. The van der Waals surface area contributed by atoms with E-state index in [9.17, 15) is 4.79 Å². The maximum Gasteiger partial charge on any atom is 0.315 e. The molecule has 0 aromatic heterocycles. The van der Waals surface area contributed by atoms with Crippen LogP contribution >= 0.6 is 11.6 Å². The number of benzene rings is 1. The molecule has 78 valence electrons. The van der Waals surface area contributed by atoms with Crippen LogP contribution in [0.25, 0.3) is 6.08 Å². The number of halogens is 1. The van der Waals surface area contributed by atoms with Crippen LogP contribution in [0.15, 0.2) is 35.4 Å². The largest absolute Gasteiger partial charge is 0.481 e. The molecule has 0 saturated heterocycles. The van der Waals surface area contributed by atoms with Gasteiger partial charge in [-0.2, -0.15) is 0 Å². The molecule has 1 aliphatic carbocycles. The number of hydrogen-bond acceptors (Lipinski definition) is 1. The van der Waals surface area contributed by atoms with Crippen LogP contribution in [-0.2, 0) is 4.79 Å². The van der Waals surface area contributed by atoms with Gasteiger partial charge in [0, 0.05) is 5.03 Å². The number of rotatable bonds is 3. The molecule has 0 unspecified atom stereocenters. The Kier molecular flexibility index (Phi) is 2.53. The van der Waals surface area contributed by atoms with E-state index in [4.69, 9.17) is 16.7 Å². The fraction of sp³-hybridized carbons (Fsp3) is 0.250. The second-order valence-electron chi connectivity index (χ2n) is 3.79. The standard InChI is InChI=1S/C12H11ClO2/c13-10(12(6-7-12)11(14)15)8-9-4-2-1-3-5-9/h1-5,8H,6-7H2,(H,14,15). The smallest absolute Gasteiger partial charge is 0.315 e. The van der Waals surface area contributed by atoms with E-state index in [0.29, 0.717) is 17.9 Å². The summed E-state index contributed by atoms with van der Waals surface area (Å²) in [7, 11) is 0. The van der Waals surface area contributed by atoms with Crippen molar-refractivity contribution >= 4 is 23.6 Å². The summed E-state index contributed by atoms with van der Waals surface area (Å²) in [6.45, 7) is 0. The quantitative estimate of drug-likeness (QED) is 0.853. The van der Waals surface area contributed by atoms with Crippen LogP contribution in [0.1, 0.15) is 18.4 Å². The maximum absolute atomic E-state index is 11.0. The Morgan fingerprint density at radius 1 is 1.33 bits per heavy atom. The minimum absolute atomic E-state index is 0.432. The summed E-state index contributed by atoms with van der Waals surface area (Å²) in [5.41, 5.74) is 0.146. The van der Waals surface area contributed by atoms with Crippen LogP contribution in [0.2, 0.25) is 0 Å². The van der Waals surface area contributed by atoms with Gasteiger partial charge in [0.1, 0.15) is 5.41 Å². The lowest BCUT2D eigenvalue weighted by Gasteiger charge is -2.07. The van der Waals surface area contributed by atoms with E-state index >= 15 is 0 Å². The van der Waals surface area contributed by atoms with Gasteiger partial charge < -0.3 is 5.11 Å². The highest BCUT2D eigenvalue weighted by atomic mass is 35.5. The lowest BCUT2D eigenvalue weighted by Crippen LogP contribution is -2.14. The number of carboxylic acid groups (broad SMARTS) is 1. The predicted octanol–water partition coefficient (Wildman–Crippen LogP) is 3.13. The molecule has 1 N–H and O–H groups in total. The van der Waals surface area contributed by atoms with Crippen molar-refractivity contribution in [3.05, 3.63) is 40.9 Å². The zero-order valence-electron chi connectivity index (χ0n) is 8.11. The molecule has 3 heteroatoms. The van der Waals surface area contributed by atoms with Gasteiger partial charge in [-0.05, 0) is 24.5 Å². The highest BCUT2D eigenvalue weighted by Gasteiger charge is 2.52. The van der Waals surface area contributed by atoms with Crippen molar-refractivity contribution in [1.29, 1.82) is 0 Å². The topological polar surface area (TPSA) is 37.3 Å². The highest BCUT2D eigenvalue weighted by Crippen LogP contribution is 2.54. The number of carbonyl (C=O) groups is 1. The Morgan fingerprint density at radius 3 is 2.40 bits per heavy atom. The van der Waals surface area contributed by atoms with Crippen molar-refractivity contribution in [2.24, 2.45) is 5.41 Å². The summed E-state index contributed by atoms with van der Waals surface area (Å²) in [5.74, 6) is -0.820. The second kappa shape index (κ2) is 3.70. The fourth-order valence-electron chi connectivity index (χ4n) is 1.51. The van der Waals surface area contributed by atoms with Gasteiger partial charge in [-0.15, -0.1) is 0 Å². The molecule has 1 aromatic carbocycles. The lowest BCUT2D eigenvalue weighted by molar-refractivity contribution is -0.141. The molecule has 0 bridgehead atoms. The van der Waals surface area contributed by atoms with Gasteiger partial charge in [-0.3, -0.25) is 4.79 Å². The monoisotopic (exact) mass is 222 g/mol. The first-order chi connectivity index (χ1) is 7.15. The minimum Gasteiger partial charge on any atom is -0.481 e. The Morgan fingerprint density at radius 2 is 1.93 bits per heavy atom. The summed E-state index contributed by atoms with van der Waals surface area (Å²) in [4.78, 5) is 11.0. The molecule has 2 rings (SSSR count). The summed E-state index contributed by atoms with van der Waals surface area (Å²) in [6, 6.07) is 9.52. The number of aliphatic carboxylic acids is 1. The summed E-state index contributed by atoms with van der Waals surface area (Å²) in [6.07, 6.45) is 3.03. The van der Waals surface area contributed by atoms with E-state index in [1.54, 1.807) is 6.08 Å². The second-order valence-corrected chi connectivity index (χ2v) is 4.20. The van der Waals surface area contributed by atoms with Crippen LogP contribution in [0, 0.1) is 5.41 Å². The van der Waals surface area contributed by atoms with Gasteiger partial charge in [0.25, 0.3) is 0 Å². The van der Waals surface area contributed by atoms with Crippen LogP contribution in [0.3, 0.4) is 0 Å². The SMILES string of the molecule is O=C(O)C1(C(Cl)=Cc2ccccc2)CC1. The lowest BCUT2D eigenvalue weighted by atomic mass is 10.0. The van der Waals surface area contributed by atoms with Crippen molar-refractivity contribution in [3.8, 4) is 0 Å². The molecule has 0 aliphatic heterocycles. The van der Waals surface area contributed by atoms with E-state index < -0.39 is 11.4 Å². The van der Waals surface area contributed by atoms with E-state index in [1.165, 1.54) is 0 Å². The summed E-state index contributed by atoms with van der Waals surface area (Å²) >= 11 is 6.04. The summed E-state index contributed by atoms with van der Waals surface area (Å²) < 4.78 is 0. The first-order valence-corrected chi connectivity index (χ1v) is 5.19. The minimum atomic E-state index is -0.820. The molecule has 0 atom stereocenters. The third kappa shape index (κ3) is 1.90. The van der Waals surface area contributed by atoms with Crippen molar-refractivity contribution in [2.75, 3.05) is 0 Å². The van der Waals surface area contributed by atoms with Gasteiger partial charge in [0.05, 0.1) is 0 Å². The number of carboxylic acids is 1. The molecule has 1 aliphatic rings. The number of hydrogen-bond donors (Lipinski definition) is 1. The first kappa shape index (κ1) is 10.2. The summed E-state index contributed by atoms with van der Waals surface area (Å²) in [5, 5.41) is 9.46. The molecule has 1 aromatic rings. The Hall–Kier alpha value is -1.28. The van der Waals surface area contributed by atoms with E-state index in [2.05, 4.69) is 0 Å². The molecule has 15 heavy (non-hydrogen) atoms.